The van der Waals surface area contributed by atoms with Crippen LogP contribution in [0.1, 0.15) is 25.5 Å². The number of carbonyl (C=O) groups excluding carboxylic acids is 1. The summed E-state index contributed by atoms with van der Waals surface area (Å²) >= 11 is 0. The van der Waals surface area contributed by atoms with Crippen LogP contribution in [0.25, 0.3) is 0 Å². The molecule has 0 aromatic carbocycles. The van der Waals surface area contributed by atoms with Gasteiger partial charge in [0, 0.05) is 26.6 Å². The molecule has 0 fully saturated rings. The van der Waals surface area contributed by atoms with Crippen molar-refractivity contribution in [1.82, 2.24) is 9.80 Å². The van der Waals surface area contributed by atoms with Crippen LogP contribution in [0.2, 0.25) is 0 Å². The van der Waals surface area contributed by atoms with E-state index in [4.69, 9.17) is 9.52 Å². The molecule has 0 saturated carbocycles. The zero-order chi connectivity index (χ0) is 14.3. The number of amides is 2. The van der Waals surface area contributed by atoms with E-state index >= 15 is 0 Å². The number of carboxylic acids is 1. The van der Waals surface area contributed by atoms with Gasteiger partial charge in [-0.25, -0.2) is 4.79 Å². The van der Waals surface area contributed by atoms with Crippen LogP contribution in [0.5, 0.6) is 0 Å². The smallest absolute Gasteiger partial charge is 0.320 e. The molecule has 0 bridgehead atoms. The van der Waals surface area contributed by atoms with Crippen molar-refractivity contribution < 1.29 is 19.1 Å². The van der Waals surface area contributed by atoms with E-state index in [2.05, 4.69) is 0 Å². The molecule has 106 valence electrons. The van der Waals surface area contributed by atoms with Gasteiger partial charge in [-0.1, -0.05) is 0 Å². The number of hydrogen-bond donors (Lipinski definition) is 1. The van der Waals surface area contributed by atoms with Gasteiger partial charge in [-0.05, 0) is 25.5 Å². The van der Waals surface area contributed by atoms with Crippen molar-refractivity contribution in [3.05, 3.63) is 24.2 Å². The Hall–Kier alpha value is -1.98. The third-order valence-electron chi connectivity index (χ3n) is 2.79. The molecule has 1 N–H and O–H groups in total. The number of hydrogen-bond acceptors (Lipinski definition) is 3. The van der Waals surface area contributed by atoms with E-state index in [0.29, 0.717) is 26.1 Å². The molecule has 1 rings (SSSR count). The monoisotopic (exact) mass is 268 g/mol. The molecule has 0 aliphatic rings. The molecule has 6 heteroatoms. The summed E-state index contributed by atoms with van der Waals surface area (Å²) in [5, 5.41) is 8.57. The van der Waals surface area contributed by atoms with Crippen LogP contribution >= 0.6 is 0 Å². The minimum atomic E-state index is -0.844. The molecule has 19 heavy (non-hydrogen) atoms. The van der Waals surface area contributed by atoms with E-state index in [1.807, 2.05) is 13.0 Å². The van der Waals surface area contributed by atoms with Crippen molar-refractivity contribution in [2.75, 3.05) is 20.1 Å². The standard InChI is InChI=1S/C13H20N2O4/c1-3-15(10-11-6-5-9-19-11)13(18)14(2)8-4-7-12(16)17/h5-6,9H,3-4,7-8,10H2,1-2H3,(H,16,17). The Bertz CT molecular complexity index is 403. The normalized spacial score (nSPS) is 10.2. The quantitative estimate of drug-likeness (QED) is 0.821. The molecular formula is C13H20N2O4. The molecule has 1 aromatic rings. The maximum absolute atomic E-state index is 12.1. The molecule has 0 aliphatic heterocycles. The Morgan fingerprint density at radius 2 is 2.16 bits per heavy atom. The fraction of sp³-hybridized carbons (Fsp3) is 0.538. The maximum Gasteiger partial charge on any atom is 0.320 e. The molecule has 0 spiro atoms. The highest BCUT2D eigenvalue weighted by Crippen LogP contribution is 2.08. The first-order chi connectivity index (χ1) is 9.04. The van der Waals surface area contributed by atoms with E-state index in [1.54, 1.807) is 24.3 Å². The minimum Gasteiger partial charge on any atom is -0.481 e. The van der Waals surface area contributed by atoms with Crippen molar-refractivity contribution in [1.29, 1.82) is 0 Å². The molecule has 6 nitrogen and oxygen atoms in total. The van der Waals surface area contributed by atoms with Gasteiger partial charge in [0.15, 0.2) is 0 Å². The Balaban J connectivity index is 2.45. The van der Waals surface area contributed by atoms with Crippen molar-refractivity contribution in [2.45, 2.75) is 26.3 Å². The summed E-state index contributed by atoms with van der Waals surface area (Å²) in [4.78, 5) is 25.8. The first-order valence-electron chi connectivity index (χ1n) is 6.28. The summed E-state index contributed by atoms with van der Waals surface area (Å²) < 4.78 is 5.22. The van der Waals surface area contributed by atoms with Gasteiger partial charge in [0.1, 0.15) is 5.76 Å². The van der Waals surface area contributed by atoms with Gasteiger partial charge in [-0.15, -0.1) is 0 Å². The minimum absolute atomic E-state index is 0.0714. The third-order valence-corrected chi connectivity index (χ3v) is 2.79. The summed E-state index contributed by atoms with van der Waals surface area (Å²) in [6.45, 7) is 3.32. The fourth-order valence-electron chi connectivity index (χ4n) is 1.71. The summed E-state index contributed by atoms with van der Waals surface area (Å²) in [7, 11) is 1.68. The van der Waals surface area contributed by atoms with Crippen molar-refractivity contribution >= 4 is 12.0 Å². The first-order valence-corrected chi connectivity index (χ1v) is 6.28. The van der Waals surface area contributed by atoms with E-state index < -0.39 is 5.97 Å². The fourth-order valence-corrected chi connectivity index (χ4v) is 1.71. The van der Waals surface area contributed by atoms with E-state index in [-0.39, 0.29) is 12.5 Å². The lowest BCUT2D eigenvalue weighted by Gasteiger charge is -2.26. The van der Waals surface area contributed by atoms with Crippen LogP contribution in [-0.2, 0) is 11.3 Å². The first kappa shape index (κ1) is 15.1. The highest BCUT2D eigenvalue weighted by Gasteiger charge is 2.17. The molecule has 0 atom stereocenters. The summed E-state index contributed by atoms with van der Waals surface area (Å²) in [6, 6.07) is 3.48. The highest BCUT2D eigenvalue weighted by atomic mass is 16.4. The number of carboxylic acid groups (broad SMARTS) is 1. The van der Waals surface area contributed by atoms with Crippen LogP contribution in [0.4, 0.5) is 4.79 Å². The van der Waals surface area contributed by atoms with Crippen molar-refractivity contribution in [3.8, 4) is 0 Å². The van der Waals surface area contributed by atoms with Crippen LogP contribution in [-0.4, -0.2) is 47.0 Å². The Morgan fingerprint density at radius 1 is 1.42 bits per heavy atom. The molecule has 0 unspecified atom stereocenters. The van der Waals surface area contributed by atoms with Gasteiger partial charge in [0.25, 0.3) is 0 Å². The number of carbonyl (C=O) groups is 2. The highest BCUT2D eigenvalue weighted by molar-refractivity contribution is 5.74. The second-order valence-corrected chi connectivity index (χ2v) is 4.29. The Kier molecular flexibility index (Phi) is 5.92. The zero-order valence-electron chi connectivity index (χ0n) is 11.3. The van der Waals surface area contributed by atoms with E-state index in [9.17, 15) is 9.59 Å². The Morgan fingerprint density at radius 3 is 2.68 bits per heavy atom. The SMILES string of the molecule is CCN(Cc1ccco1)C(=O)N(C)CCCC(=O)O. The lowest BCUT2D eigenvalue weighted by molar-refractivity contribution is -0.137. The number of rotatable bonds is 7. The number of furan rings is 1. The number of urea groups is 1. The van der Waals surface area contributed by atoms with Gasteiger partial charge >= 0.3 is 12.0 Å². The van der Waals surface area contributed by atoms with Crippen LogP contribution in [0, 0.1) is 0 Å². The topological polar surface area (TPSA) is 74.0 Å². The second kappa shape index (κ2) is 7.45. The summed E-state index contributed by atoms with van der Waals surface area (Å²) in [6.07, 6.45) is 2.10. The van der Waals surface area contributed by atoms with Gasteiger partial charge in [0.05, 0.1) is 12.8 Å². The molecule has 0 radical (unpaired) electrons. The molecule has 1 heterocycles. The van der Waals surface area contributed by atoms with Gasteiger partial charge in [-0.3, -0.25) is 4.79 Å². The molecule has 0 aliphatic carbocycles. The third kappa shape index (κ3) is 5.03. The predicted octanol–water partition coefficient (Wildman–Crippen LogP) is 2.02. The zero-order valence-corrected chi connectivity index (χ0v) is 11.3. The van der Waals surface area contributed by atoms with Gasteiger partial charge in [0.2, 0.25) is 0 Å². The van der Waals surface area contributed by atoms with Crippen LogP contribution in [0.15, 0.2) is 22.8 Å². The second-order valence-electron chi connectivity index (χ2n) is 4.29. The molecule has 2 amide bonds. The largest absolute Gasteiger partial charge is 0.481 e. The summed E-state index contributed by atoms with van der Waals surface area (Å²) in [5.41, 5.74) is 0. The number of nitrogens with zero attached hydrogens (tertiary/aromatic N) is 2. The van der Waals surface area contributed by atoms with Crippen LogP contribution in [0.3, 0.4) is 0 Å². The van der Waals surface area contributed by atoms with Crippen molar-refractivity contribution in [3.63, 3.8) is 0 Å². The van der Waals surface area contributed by atoms with E-state index in [1.165, 1.54) is 4.90 Å². The lowest BCUT2D eigenvalue weighted by atomic mass is 10.3. The Labute approximate surface area is 112 Å². The van der Waals surface area contributed by atoms with Gasteiger partial charge < -0.3 is 19.3 Å². The van der Waals surface area contributed by atoms with E-state index in [0.717, 1.165) is 5.76 Å². The average Bonchev–Trinajstić information content (AvgIpc) is 2.87. The molecular weight excluding hydrogens is 248 g/mol. The lowest BCUT2D eigenvalue weighted by Crippen LogP contribution is -2.41. The van der Waals surface area contributed by atoms with Crippen molar-refractivity contribution in [2.24, 2.45) is 0 Å². The molecule has 1 aromatic heterocycles. The number of aliphatic carboxylic acids is 1. The molecule has 0 saturated heterocycles. The average molecular weight is 268 g/mol. The van der Waals surface area contributed by atoms with Crippen LogP contribution < -0.4 is 0 Å². The summed E-state index contributed by atoms with van der Waals surface area (Å²) in [5.74, 6) is -0.113. The van der Waals surface area contributed by atoms with Gasteiger partial charge in [-0.2, -0.15) is 0 Å². The predicted molar refractivity (Wildman–Crippen MR) is 69.7 cm³/mol. The maximum atomic E-state index is 12.1.